The molecule has 3 heteroatoms. The normalized spacial score (nSPS) is 19.4. The lowest BCUT2D eigenvalue weighted by molar-refractivity contribution is -0.0602. The Morgan fingerprint density at radius 1 is 1.06 bits per heavy atom. The van der Waals surface area contributed by atoms with E-state index in [1.54, 1.807) is 0 Å². The molecule has 0 radical (unpaired) electrons. The van der Waals surface area contributed by atoms with E-state index in [1.807, 2.05) is 24.3 Å². The van der Waals surface area contributed by atoms with Gasteiger partial charge in [0.25, 0.3) is 0 Å². The Balaban J connectivity index is 1.95. The number of halogens is 1. The number of rotatable bonds is 4. The summed E-state index contributed by atoms with van der Waals surface area (Å²) in [6.45, 7) is 1.26. The van der Waals surface area contributed by atoms with Crippen molar-refractivity contribution in [3.05, 3.63) is 34.9 Å². The molecule has 18 heavy (non-hydrogen) atoms. The van der Waals surface area contributed by atoms with Crippen LogP contribution in [0, 0.1) is 0 Å². The topological polar surface area (TPSA) is 35.2 Å². The third-order valence-electron chi connectivity index (χ3n) is 3.85. The first-order valence-electron chi connectivity index (χ1n) is 6.83. The molecule has 2 rings (SSSR count). The second-order valence-electron chi connectivity index (χ2n) is 5.22. The van der Waals surface area contributed by atoms with E-state index in [0.29, 0.717) is 13.2 Å². The van der Waals surface area contributed by atoms with Gasteiger partial charge in [-0.2, -0.15) is 0 Å². The van der Waals surface area contributed by atoms with Crippen molar-refractivity contribution in [1.82, 2.24) is 0 Å². The highest BCUT2D eigenvalue weighted by atomic mass is 35.5. The van der Waals surface area contributed by atoms with Crippen molar-refractivity contribution in [3.63, 3.8) is 0 Å². The Labute approximate surface area is 114 Å². The minimum atomic E-state index is -0.101. The first-order chi connectivity index (χ1) is 8.74. The van der Waals surface area contributed by atoms with Crippen molar-refractivity contribution in [3.8, 4) is 0 Å². The van der Waals surface area contributed by atoms with Crippen molar-refractivity contribution >= 4 is 11.6 Å². The van der Waals surface area contributed by atoms with E-state index >= 15 is 0 Å². The van der Waals surface area contributed by atoms with E-state index < -0.39 is 0 Å². The summed E-state index contributed by atoms with van der Waals surface area (Å²) in [7, 11) is 0. The third kappa shape index (κ3) is 3.71. The first kappa shape index (κ1) is 13.9. The number of hydrogen-bond acceptors (Lipinski definition) is 2. The molecular formula is C15H22ClNO. The Kier molecular flexibility index (Phi) is 5.04. The maximum atomic E-state index is 6.16. The van der Waals surface area contributed by atoms with Crippen LogP contribution in [0.4, 0.5) is 0 Å². The van der Waals surface area contributed by atoms with E-state index in [1.165, 1.54) is 25.7 Å². The van der Waals surface area contributed by atoms with Crippen molar-refractivity contribution in [2.75, 3.05) is 6.54 Å². The molecule has 0 amide bonds. The maximum absolute atomic E-state index is 6.16. The molecule has 0 saturated heterocycles. The summed E-state index contributed by atoms with van der Waals surface area (Å²) >= 11 is 5.88. The zero-order chi connectivity index (χ0) is 12.8. The monoisotopic (exact) mass is 267 g/mol. The Morgan fingerprint density at radius 2 is 1.67 bits per heavy atom. The molecule has 1 aliphatic carbocycles. The summed E-state index contributed by atoms with van der Waals surface area (Å²) in [5.74, 6) is 0. The van der Waals surface area contributed by atoms with Crippen LogP contribution in [0.3, 0.4) is 0 Å². The molecule has 0 bridgehead atoms. The average Bonchev–Trinajstić information content (AvgIpc) is 2.64. The number of benzene rings is 1. The van der Waals surface area contributed by atoms with Crippen LogP contribution in [0.2, 0.25) is 5.02 Å². The highest BCUT2D eigenvalue weighted by Gasteiger charge is 2.30. The molecular weight excluding hydrogens is 246 g/mol. The molecule has 0 spiro atoms. The molecule has 0 heterocycles. The van der Waals surface area contributed by atoms with Crippen LogP contribution in [-0.2, 0) is 11.3 Å². The lowest BCUT2D eigenvalue weighted by Crippen LogP contribution is -2.40. The second-order valence-corrected chi connectivity index (χ2v) is 5.65. The van der Waals surface area contributed by atoms with Gasteiger partial charge in [-0.25, -0.2) is 0 Å². The molecule has 0 aromatic heterocycles. The van der Waals surface area contributed by atoms with Crippen LogP contribution in [0.1, 0.15) is 44.1 Å². The van der Waals surface area contributed by atoms with E-state index in [-0.39, 0.29) is 5.60 Å². The Morgan fingerprint density at radius 3 is 2.22 bits per heavy atom. The predicted octanol–water partition coefficient (Wildman–Crippen LogP) is 3.91. The summed E-state index contributed by atoms with van der Waals surface area (Å²) in [5, 5.41) is 0.766. The minimum Gasteiger partial charge on any atom is -0.369 e. The van der Waals surface area contributed by atoms with Gasteiger partial charge in [-0.05, 0) is 30.5 Å². The number of nitrogens with two attached hydrogens (primary N) is 1. The fourth-order valence-electron chi connectivity index (χ4n) is 2.60. The van der Waals surface area contributed by atoms with Gasteiger partial charge in [0.15, 0.2) is 0 Å². The van der Waals surface area contributed by atoms with Crippen molar-refractivity contribution in [2.24, 2.45) is 5.73 Å². The van der Waals surface area contributed by atoms with Crippen LogP contribution < -0.4 is 5.73 Å². The van der Waals surface area contributed by atoms with Gasteiger partial charge in [-0.15, -0.1) is 0 Å². The average molecular weight is 268 g/mol. The van der Waals surface area contributed by atoms with Crippen LogP contribution >= 0.6 is 11.6 Å². The van der Waals surface area contributed by atoms with Crippen LogP contribution in [0.5, 0.6) is 0 Å². The number of hydrogen-bond donors (Lipinski definition) is 1. The molecule has 2 nitrogen and oxygen atoms in total. The molecule has 0 aliphatic heterocycles. The van der Waals surface area contributed by atoms with Crippen molar-refractivity contribution in [2.45, 2.75) is 50.7 Å². The van der Waals surface area contributed by atoms with Gasteiger partial charge >= 0.3 is 0 Å². The number of ether oxygens (including phenoxy) is 1. The zero-order valence-corrected chi connectivity index (χ0v) is 11.6. The highest BCUT2D eigenvalue weighted by molar-refractivity contribution is 6.30. The highest BCUT2D eigenvalue weighted by Crippen LogP contribution is 2.30. The summed E-state index contributed by atoms with van der Waals surface area (Å²) in [5.41, 5.74) is 7.01. The molecule has 100 valence electrons. The lowest BCUT2D eigenvalue weighted by atomic mass is 9.94. The predicted molar refractivity (Wildman–Crippen MR) is 75.7 cm³/mol. The molecule has 1 aromatic rings. The molecule has 1 aliphatic rings. The smallest absolute Gasteiger partial charge is 0.0808 e. The van der Waals surface area contributed by atoms with Gasteiger partial charge in [0, 0.05) is 11.6 Å². The minimum absolute atomic E-state index is 0.101. The van der Waals surface area contributed by atoms with Crippen molar-refractivity contribution in [1.29, 1.82) is 0 Å². The molecule has 2 N–H and O–H groups in total. The summed E-state index contributed by atoms with van der Waals surface area (Å²) in [6, 6.07) is 7.84. The van der Waals surface area contributed by atoms with Crippen LogP contribution in [0.15, 0.2) is 24.3 Å². The fourth-order valence-corrected chi connectivity index (χ4v) is 2.72. The van der Waals surface area contributed by atoms with E-state index in [4.69, 9.17) is 22.1 Å². The largest absolute Gasteiger partial charge is 0.369 e. The SMILES string of the molecule is NCC1(OCc2ccc(Cl)cc2)CCCCCC1. The van der Waals surface area contributed by atoms with Gasteiger partial charge in [0.2, 0.25) is 0 Å². The fraction of sp³-hybridized carbons (Fsp3) is 0.600. The zero-order valence-electron chi connectivity index (χ0n) is 10.8. The second kappa shape index (κ2) is 6.55. The van der Waals surface area contributed by atoms with Gasteiger partial charge < -0.3 is 10.5 Å². The molecule has 1 aromatic carbocycles. The van der Waals surface area contributed by atoms with E-state index in [9.17, 15) is 0 Å². The molecule has 0 unspecified atom stereocenters. The van der Waals surface area contributed by atoms with Gasteiger partial charge in [0.05, 0.1) is 12.2 Å². The molecule has 1 fully saturated rings. The quantitative estimate of drug-likeness (QED) is 0.840. The standard InChI is InChI=1S/C15H22ClNO/c16-14-7-5-13(6-8-14)11-18-15(12-17)9-3-1-2-4-10-15/h5-8H,1-4,9-12,17H2. The van der Waals surface area contributed by atoms with E-state index in [0.717, 1.165) is 23.4 Å². The molecule has 1 saturated carbocycles. The first-order valence-corrected chi connectivity index (χ1v) is 7.20. The van der Waals surface area contributed by atoms with E-state index in [2.05, 4.69) is 0 Å². The van der Waals surface area contributed by atoms with Crippen LogP contribution in [0.25, 0.3) is 0 Å². The Bertz CT molecular complexity index is 355. The third-order valence-corrected chi connectivity index (χ3v) is 4.10. The Hall–Kier alpha value is -0.570. The summed E-state index contributed by atoms with van der Waals surface area (Å²) < 4.78 is 6.16. The summed E-state index contributed by atoms with van der Waals surface area (Å²) in [4.78, 5) is 0. The van der Waals surface area contributed by atoms with Crippen molar-refractivity contribution < 1.29 is 4.74 Å². The summed E-state index contributed by atoms with van der Waals surface area (Å²) in [6.07, 6.45) is 7.28. The molecule has 0 atom stereocenters. The van der Waals surface area contributed by atoms with Gasteiger partial charge in [-0.3, -0.25) is 0 Å². The lowest BCUT2D eigenvalue weighted by Gasteiger charge is -2.31. The maximum Gasteiger partial charge on any atom is 0.0808 e. The van der Waals surface area contributed by atoms with Crippen LogP contribution in [-0.4, -0.2) is 12.1 Å². The van der Waals surface area contributed by atoms with Gasteiger partial charge in [-0.1, -0.05) is 49.4 Å². The van der Waals surface area contributed by atoms with Gasteiger partial charge in [0.1, 0.15) is 0 Å².